The Morgan fingerprint density at radius 2 is 1.62 bits per heavy atom. The molecule has 0 radical (unpaired) electrons. The van der Waals surface area contributed by atoms with Gasteiger partial charge >= 0.3 is 17.9 Å². The Balaban J connectivity index is 0.000000316. The van der Waals surface area contributed by atoms with Crippen molar-refractivity contribution in [1.29, 1.82) is 0 Å². The van der Waals surface area contributed by atoms with Gasteiger partial charge in [0.2, 0.25) is 0 Å². The number of nitrogens with zero attached hydrogens (tertiary/aromatic N) is 3. The van der Waals surface area contributed by atoms with Gasteiger partial charge in [0, 0.05) is 18.8 Å². The molecule has 0 fully saturated rings. The van der Waals surface area contributed by atoms with Crippen LogP contribution in [-0.4, -0.2) is 76.4 Å². The van der Waals surface area contributed by atoms with E-state index in [-0.39, 0.29) is 0 Å². The second-order valence-corrected chi connectivity index (χ2v) is 10.1. The smallest absolute Gasteiger partial charge is 0.336 e. The molecule has 2 aromatic carbocycles. The highest BCUT2D eigenvalue weighted by Gasteiger charge is 2.40. The number of aliphatic hydroxyl groups is 2. The lowest BCUT2D eigenvalue weighted by Gasteiger charge is -2.25. The molecule has 2 heterocycles. The minimum atomic E-state index is -2.74. The SMILES string of the molecule is Cc1cc(C)n(CC(O)CN(Cc2ccco2)Cc2cccc3ccccc23)n1.O=C(O)CC(O)(CC(=O)O)C(=O)O. The van der Waals surface area contributed by atoms with Crippen LogP contribution in [0.4, 0.5) is 0 Å². The zero-order chi connectivity index (χ0) is 30.9. The number of hydrogen-bond acceptors (Lipinski definition) is 8. The molecule has 12 heteroatoms. The van der Waals surface area contributed by atoms with E-state index in [1.165, 1.54) is 16.3 Å². The van der Waals surface area contributed by atoms with Crippen molar-refractivity contribution in [3.8, 4) is 0 Å². The predicted octanol–water partition coefficient (Wildman–Crippen LogP) is 3.06. The molecule has 12 nitrogen and oxygen atoms in total. The van der Waals surface area contributed by atoms with Gasteiger partial charge in [-0.2, -0.15) is 5.10 Å². The fourth-order valence-corrected chi connectivity index (χ4v) is 4.61. The van der Waals surface area contributed by atoms with Crippen LogP contribution in [0, 0.1) is 13.8 Å². The Hall–Kier alpha value is -4.52. The zero-order valence-corrected chi connectivity index (χ0v) is 23.4. The molecule has 0 aliphatic heterocycles. The Morgan fingerprint density at radius 3 is 2.19 bits per heavy atom. The van der Waals surface area contributed by atoms with Crippen molar-refractivity contribution in [2.75, 3.05) is 6.54 Å². The van der Waals surface area contributed by atoms with Crippen molar-refractivity contribution in [1.82, 2.24) is 14.7 Å². The highest BCUT2D eigenvalue weighted by molar-refractivity contribution is 5.88. The molecule has 0 saturated carbocycles. The fourth-order valence-electron chi connectivity index (χ4n) is 4.61. The molecule has 4 aromatic rings. The topological polar surface area (TPSA) is 187 Å². The van der Waals surface area contributed by atoms with Crippen LogP contribution in [0.15, 0.2) is 71.3 Å². The van der Waals surface area contributed by atoms with Gasteiger partial charge in [0.25, 0.3) is 0 Å². The monoisotopic (exact) mass is 581 g/mol. The number of furan rings is 1. The minimum Gasteiger partial charge on any atom is -0.481 e. The normalized spacial score (nSPS) is 12.1. The van der Waals surface area contributed by atoms with Crippen LogP contribution in [-0.2, 0) is 34.0 Å². The van der Waals surface area contributed by atoms with E-state index >= 15 is 0 Å². The number of benzene rings is 2. The summed E-state index contributed by atoms with van der Waals surface area (Å²) in [7, 11) is 0. The number of carbonyl (C=O) groups is 3. The molecular formula is C30H35N3O9. The number of aliphatic hydroxyl groups excluding tert-OH is 1. The quantitative estimate of drug-likeness (QED) is 0.156. The van der Waals surface area contributed by atoms with E-state index in [4.69, 9.17) is 24.8 Å². The summed E-state index contributed by atoms with van der Waals surface area (Å²) in [6.07, 6.45) is -1.13. The largest absolute Gasteiger partial charge is 0.481 e. The molecule has 0 aliphatic rings. The number of fused-ring (bicyclic) bond motifs is 1. The molecule has 0 bridgehead atoms. The van der Waals surface area contributed by atoms with E-state index < -0.39 is 42.5 Å². The van der Waals surface area contributed by atoms with Crippen LogP contribution in [0.25, 0.3) is 10.8 Å². The Labute approximate surface area is 242 Å². The predicted molar refractivity (Wildman–Crippen MR) is 152 cm³/mol. The second-order valence-electron chi connectivity index (χ2n) is 10.1. The van der Waals surface area contributed by atoms with Gasteiger partial charge in [0.1, 0.15) is 5.76 Å². The lowest BCUT2D eigenvalue weighted by Crippen LogP contribution is -2.42. The third-order valence-corrected chi connectivity index (χ3v) is 6.47. The maximum absolute atomic E-state index is 10.8. The summed E-state index contributed by atoms with van der Waals surface area (Å²) >= 11 is 0. The highest BCUT2D eigenvalue weighted by Crippen LogP contribution is 2.21. The van der Waals surface area contributed by atoms with Crippen molar-refractivity contribution in [3.63, 3.8) is 0 Å². The summed E-state index contributed by atoms with van der Waals surface area (Å²) in [5, 5.41) is 51.6. The standard InChI is InChI=1S/C24H27N3O2.C6H8O7/c1-18-13-19(2)27(25-18)16-22(28)15-26(17-23-10-6-12-29-23)14-21-9-5-8-20-7-3-4-11-24(20)21;7-3(8)1-6(13,5(11)12)2-4(9)10/h3-13,22,28H,14-17H2,1-2H3;13H,1-2H2,(H,7,8)(H,9,10)(H,11,12). The number of aryl methyl sites for hydroxylation is 2. The van der Waals surface area contributed by atoms with Crippen molar-refractivity contribution >= 4 is 28.7 Å². The van der Waals surface area contributed by atoms with Crippen molar-refractivity contribution in [3.05, 3.63) is 89.6 Å². The van der Waals surface area contributed by atoms with Gasteiger partial charge in [-0.05, 0) is 48.4 Å². The maximum atomic E-state index is 10.8. The summed E-state index contributed by atoms with van der Waals surface area (Å²) in [6, 6.07) is 20.7. The van der Waals surface area contributed by atoms with Gasteiger partial charge in [-0.15, -0.1) is 0 Å². The van der Waals surface area contributed by atoms with Crippen LogP contribution in [0.5, 0.6) is 0 Å². The van der Waals surface area contributed by atoms with Gasteiger partial charge in [0.15, 0.2) is 5.60 Å². The van der Waals surface area contributed by atoms with E-state index in [9.17, 15) is 19.5 Å². The average molecular weight is 582 g/mol. The van der Waals surface area contributed by atoms with Crippen molar-refractivity contribution in [2.24, 2.45) is 0 Å². The van der Waals surface area contributed by atoms with E-state index in [1.807, 2.05) is 36.7 Å². The van der Waals surface area contributed by atoms with E-state index in [0.29, 0.717) is 19.6 Å². The highest BCUT2D eigenvalue weighted by atomic mass is 16.4. The van der Waals surface area contributed by atoms with Crippen LogP contribution in [0.3, 0.4) is 0 Å². The number of carboxylic acid groups (broad SMARTS) is 3. The summed E-state index contributed by atoms with van der Waals surface area (Å²) in [4.78, 5) is 32.7. The molecule has 0 aliphatic carbocycles. The van der Waals surface area contributed by atoms with E-state index in [2.05, 4.69) is 52.5 Å². The molecule has 224 valence electrons. The molecule has 2 aromatic heterocycles. The summed E-state index contributed by atoms with van der Waals surface area (Å²) in [6.45, 7) is 6.37. The fraction of sp³-hybridized carbons (Fsp3) is 0.333. The first-order valence-electron chi connectivity index (χ1n) is 13.2. The van der Waals surface area contributed by atoms with E-state index in [0.717, 1.165) is 23.7 Å². The van der Waals surface area contributed by atoms with Gasteiger partial charge in [-0.1, -0.05) is 42.5 Å². The van der Waals surface area contributed by atoms with Crippen molar-refractivity contribution in [2.45, 2.75) is 58.0 Å². The molecule has 4 rings (SSSR count). The first-order chi connectivity index (χ1) is 19.9. The van der Waals surface area contributed by atoms with Crippen LogP contribution in [0.1, 0.15) is 35.6 Å². The number of hydrogen-bond donors (Lipinski definition) is 5. The molecule has 0 spiro atoms. The first-order valence-corrected chi connectivity index (χ1v) is 13.2. The lowest BCUT2D eigenvalue weighted by molar-refractivity contribution is -0.170. The van der Waals surface area contributed by atoms with E-state index in [1.54, 1.807) is 6.26 Å². The zero-order valence-electron chi connectivity index (χ0n) is 23.4. The Bertz CT molecular complexity index is 1480. The third kappa shape index (κ3) is 9.26. The number of aromatic nitrogens is 2. The molecule has 5 N–H and O–H groups in total. The molecule has 1 atom stereocenters. The Morgan fingerprint density at radius 1 is 0.952 bits per heavy atom. The molecule has 0 amide bonds. The van der Waals surface area contributed by atoms with Crippen LogP contribution in [0.2, 0.25) is 0 Å². The number of rotatable bonds is 13. The average Bonchev–Trinajstić information content (AvgIpc) is 3.52. The summed E-state index contributed by atoms with van der Waals surface area (Å²) in [5.41, 5.74) is 0.538. The molecule has 0 saturated heterocycles. The Kier molecular flexibility index (Phi) is 11.0. The van der Waals surface area contributed by atoms with Crippen LogP contribution >= 0.6 is 0 Å². The van der Waals surface area contributed by atoms with Gasteiger partial charge < -0.3 is 29.9 Å². The molecular weight excluding hydrogens is 546 g/mol. The third-order valence-electron chi connectivity index (χ3n) is 6.47. The van der Waals surface area contributed by atoms with Crippen molar-refractivity contribution < 1.29 is 44.3 Å². The summed E-state index contributed by atoms with van der Waals surface area (Å²) in [5.74, 6) is -4.13. The van der Waals surface area contributed by atoms with Gasteiger partial charge in [-0.25, -0.2) is 4.79 Å². The van der Waals surface area contributed by atoms with Gasteiger partial charge in [-0.3, -0.25) is 19.2 Å². The molecule has 1 unspecified atom stereocenters. The number of aliphatic carboxylic acids is 3. The van der Waals surface area contributed by atoms with Gasteiger partial charge in [0.05, 0.1) is 44.0 Å². The summed E-state index contributed by atoms with van der Waals surface area (Å²) < 4.78 is 7.45. The first kappa shape index (κ1) is 32.0. The maximum Gasteiger partial charge on any atom is 0.336 e. The molecule has 42 heavy (non-hydrogen) atoms. The van der Waals surface area contributed by atoms with Crippen LogP contribution < -0.4 is 0 Å². The second kappa shape index (κ2) is 14.4. The number of carboxylic acids is 3. The lowest BCUT2D eigenvalue weighted by atomic mass is 9.96. The minimum absolute atomic E-state index is 0.476.